The third kappa shape index (κ3) is 2.23. The maximum atomic E-state index is 12.8. The van der Waals surface area contributed by atoms with Gasteiger partial charge in [0.25, 0.3) is 0 Å². The number of hydrogen-bond donors (Lipinski definition) is 1. The molecule has 0 saturated carbocycles. The van der Waals surface area contributed by atoms with E-state index in [1.807, 2.05) is 13.0 Å². The van der Waals surface area contributed by atoms with Crippen LogP contribution in [0.25, 0.3) is 11.4 Å². The van der Waals surface area contributed by atoms with E-state index in [2.05, 4.69) is 9.97 Å². The molecule has 2 N–H and O–H groups in total. The second-order valence-electron chi connectivity index (χ2n) is 3.54. The predicted octanol–water partition coefficient (Wildman–Crippen LogP) is 2.05. The highest BCUT2D eigenvalue weighted by Gasteiger charge is 2.04. The fraction of sp³-hybridized carbons (Fsp3) is 0.167. The summed E-state index contributed by atoms with van der Waals surface area (Å²) in [5.74, 6) is 0.316. The zero-order chi connectivity index (χ0) is 11.5. The van der Waals surface area contributed by atoms with Gasteiger partial charge in [0, 0.05) is 17.8 Å². The van der Waals surface area contributed by atoms with E-state index >= 15 is 0 Å². The summed E-state index contributed by atoms with van der Waals surface area (Å²) in [4.78, 5) is 8.59. The number of nitrogens with zero attached hydrogens (tertiary/aromatic N) is 2. The van der Waals surface area contributed by atoms with Crippen LogP contribution in [-0.2, 0) is 6.54 Å². The quantitative estimate of drug-likeness (QED) is 0.837. The van der Waals surface area contributed by atoms with Crippen LogP contribution in [0.3, 0.4) is 0 Å². The summed E-state index contributed by atoms with van der Waals surface area (Å²) >= 11 is 0. The number of hydrogen-bond acceptors (Lipinski definition) is 3. The Hall–Kier alpha value is -1.81. The van der Waals surface area contributed by atoms with E-state index < -0.39 is 0 Å². The average molecular weight is 217 g/mol. The van der Waals surface area contributed by atoms with Crippen molar-refractivity contribution in [3.8, 4) is 11.4 Å². The Balaban J connectivity index is 2.47. The minimum Gasteiger partial charge on any atom is -0.325 e. The number of nitrogens with two attached hydrogens (primary N) is 1. The highest BCUT2D eigenvalue weighted by Crippen LogP contribution is 2.16. The van der Waals surface area contributed by atoms with Gasteiger partial charge < -0.3 is 5.73 Å². The topological polar surface area (TPSA) is 51.8 Å². The smallest absolute Gasteiger partial charge is 0.159 e. The summed E-state index contributed by atoms with van der Waals surface area (Å²) in [5.41, 5.74) is 7.97. The average Bonchev–Trinajstić information content (AvgIpc) is 2.29. The summed E-state index contributed by atoms with van der Waals surface area (Å²) in [7, 11) is 0. The first-order valence-corrected chi connectivity index (χ1v) is 4.99. The molecule has 0 bridgehead atoms. The third-order valence-electron chi connectivity index (χ3n) is 2.22. The highest BCUT2D eigenvalue weighted by molar-refractivity contribution is 5.54. The number of aryl methyl sites for hydroxylation is 1. The van der Waals surface area contributed by atoms with Crippen molar-refractivity contribution >= 4 is 0 Å². The molecule has 0 unspecified atom stereocenters. The van der Waals surface area contributed by atoms with E-state index in [1.165, 1.54) is 12.1 Å². The minimum atomic E-state index is -0.268. The second-order valence-corrected chi connectivity index (χ2v) is 3.54. The van der Waals surface area contributed by atoms with Crippen molar-refractivity contribution in [3.05, 3.63) is 47.5 Å². The van der Waals surface area contributed by atoms with E-state index in [0.29, 0.717) is 12.4 Å². The van der Waals surface area contributed by atoms with Gasteiger partial charge in [0.15, 0.2) is 5.82 Å². The van der Waals surface area contributed by atoms with Crippen LogP contribution in [0.4, 0.5) is 4.39 Å². The number of rotatable bonds is 2. The van der Waals surface area contributed by atoms with Gasteiger partial charge in [0.05, 0.1) is 5.69 Å². The lowest BCUT2D eigenvalue weighted by molar-refractivity contribution is 0.628. The molecule has 0 aliphatic heterocycles. The van der Waals surface area contributed by atoms with Gasteiger partial charge in [-0.1, -0.05) is 0 Å². The van der Waals surface area contributed by atoms with Gasteiger partial charge in [-0.3, -0.25) is 0 Å². The van der Waals surface area contributed by atoms with Crippen LogP contribution in [0.5, 0.6) is 0 Å². The second kappa shape index (κ2) is 4.37. The molecule has 3 nitrogen and oxygen atoms in total. The van der Waals surface area contributed by atoms with E-state index in [0.717, 1.165) is 17.0 Å². The van der Waals surface area contributed by atoms with Gasteiger partial charge >= 0.3 is 0 Å². The molecule has 16 heavy (non-hydrogen) atoms. The van der Waals surface area contributed by atoms with Gasteiger partial charge in [-0.15, -0.1) is 0 Å². The van der Waals surface area contributed by atoms with E-state index in [9.17, 15) is 4.39 Å². The molecule has 0 saturated heterocycles. The van der Waals surface area contributed by atoms with E-state index in [-0.39, 0.29) is 5.82 Å². The van der Waals surface area contributed by atoms with E-state index in [1.54, 1.807) is 12.1 Å². The summed E-state index contributed by atoms with van der Waals surface area (Å²) in [6.07, 6.45) is 0. The van der Waals surface area contributed by atoms with Gasteiger partial charge in [-0.2, -0.15) is 0 Å². The van der Waals surface area contributed by atoms with Crippen LogP contribution in [0.1, 0.15) is 11.4 Å². The molecule has 0 spiro atoms. The Kier molecular flexibility index (Phi) is 2.92. The zero-order valence-electron chi connectivity index (χ0n) is 8.94. The molecule has 2 aromatic rings. The highest BCUT2D eigenvalue weighted by atomic mass is 19.1. The van der Waals surface area contributed by atoms with Crippen molar-refractivity contribution in [2.24, 2.45) is 5.73 Å². The van der Waals surface area contributed by atoms with Crippen molar-refractivity contribution < 1.29 is 4.39 Å². The van der Waals surface area contributed by atoms with Crippen LogP contribution in [-0.4, -0.2) is 9.97 Å². The SMILES string of the molecule is Cc1cc(CN)nc(-c2ccc(F)cc2)n1. The Morgan fingerprint density at radius 3 is 2.50 bits per heavy atom. The Bertz CT molecular complexity index is 494. The number of aromatic nitrogens is 2. The van der Waals surface area contributed by atoms with Gasteiger partial charge in [0.1, 0.15) is 5.82 Å². The summed E-state index contributed by atoms with van der Waals surface area (Å²) in [6, 6.07) is 7.94. The standard InChI is InChI=1S/C12H12FN3/c1-8-6-11(7-14)16-12(15-8)9-2-4-10(13)5-3-9/h2-6H,7,14H2,1H3. The zero-order valence-corrected chi connectivity index (χ0v) is 8.94. The first kappa shape index (κ1) is 10.7. The largest absolute Gasteiger partial charge is 0.325 e. The van der Waals surface area contributed by atoms with Crippen molar-refractivity contribution in [2.45, 2.75) is 13.5 Å². The molecule has 2 rings (SSSR count). The Morgan fingerprint density at radius 2 is 1.88 bits per heavy atom. The molecule has 0 radical (unpaired) electrons. The van der Waals surface area contributed by atoms with Crippen molar-refractivity contribution in [3.63, 3.8) is 0 Å². The first-order chi connectivity index (χ1) is 7.69. The fourth-order valence-electron chi connectivity index (χ4n) is 1.47. The monoisotopic (exact) mass is 217 g/mol. The lowest BCUT2D eigenvalue weighted by Crippen LogP contribution is -2.03. The predicted molar refractivity (Wildman–Crippen MR) is 60.1 cm³/mol. The normalized spacial score (nSPS) is 10.4. The van der Waals surface area contributed by atoms with Crippen LogP contribution < -0.4 is 5.73 Å². The first-order valence-electron chi connectivity index (χ1n) is 4.99. The van der Waals surface area contributed by atoms with Crippen LogP contribution in [0.2, 0.25) is 0 Å². The molecule has 1 aromatic heterocycles. The van der Waals surface area contributed by atoms with Gasteiger partial charge in [-0.25, -0.2) is 14.4 Å². The van der Waals surface area contributed by atoms with Crippen molar-refractivity contribution in [1.29, 1.82) is 0 Å². The fourth-order valence-corrected chi connectivity index (χ4v) is 1.47. The number of halogens is 1. The molecule has 0 aliphatic rings. The molecule has 1 aromatic carbocycles. The molecule has 1 heterocycles. The van der Waals surface area contributed by atoms with Gasteiger partial charge in [0.2, 0.25) is 0 Å². The Labute approximate surface area is 93.2 Å². The third-order valence-corrected chi connectivity index (χ3v) is 2.22. The summed E-state index contributed by atoms with van der Waals surface area (Å²) < 4.78 is 12.8. The van der Waals surface area contributed by atoms with Crippen molar-refractivity contribution in [1.82, 2.24) is 9.97 Å². The molecule has 0 atom stereocenters. The van der Waals surface area contributed by atoms with Crippen LogP contribution in [0.15, 0.2) is 30.3 Å². The molecular weight excluding hydrogens is 205 g/mol. The van der Waals surface area contributed by atoms with Crippen LogP contribution in [0, 0.1) is 12.7 Å². The minimum absolute atomic E-state index is 0.268. The molecule has 0 aliphatic carbocycles. The summed E-state index contributed by atoms with van der Waals surface area (Å²) in [5, 5.41) is 0. The number of benzene rings is 1. The lowest BCUT2D eigenvalue weighted by atomic mass is 10.2. The Morgan fingerprint density at radius 1 is 1.19 bits per heavy atom. The molecular formula is C12H12FN3. The van der Waals surface area contributed by atoms with Crippen LogP contribution >= 0.6 is 0 Å². The van der Waals surface area contributed by atoms with Gasteiger partial charge in [-0.05, 0) is 37.3 Å². The maximum absolute atomic E-state index is 12.8. The molecule has 82 valence electrons. The summed E-state index contributed by atoms with van der Waals surface area (Å²) in [6.45, 7) is 2.26. The molecule has 4 heteroatoms. The van der Waals surface area contributed by atoms with Crippen molar-refractivity contribution in [2.75, 3.05) is 0 Å². The molecule has 0 fully saturated rings. The molecule has 0 amide bonds. The van der Waals surface area contributed by atoms with E-state index in [4.69, 9.17) is 5.73 Å². The lowest BCUT2D eigenvalue weighted by Gasteiger charge is -2.04. The maximum Gasteiger partial charge on any atom is 0.159 e.